The van der Waals surface area contributed by atoms with E-state index in [1.807, 2.05) is 18.2 Å². The number of nitrogens with zero attached hydrogens (tertiary/aromatic N) is 2. The molecule has 0 atom stereocenters. The first-order valence-electron chi connectivity index (χ1n) is 5.45. The molecule has 0 aromatic heterocycles. The molecule has 0 aliphatic carbocycles. The normalized spacial score (nSPS) is 10.6. The van der Waals surface area contributed by atoms with Crippen molar-refractivity contribution >= 4 is 29.2 Å². The number of nitro groups is 1. The number of hydrogen-bond donors (Lipinski definition) is 1. The quantitative estimate of drug-likeness (QED) is 0.525. The van der Waals surface area contributed by atoms with Crippen molar-refractivity contribution < 1.29 is 4.92 Å². The SMILES string of the molecule is O=[N+]([O-])c1cccc(NN=Cc2ccccc2Cl)c1. The lowest BCUT2D eigenvalue weighted by molar-refractivity contribution is -0.384. The first-order chi connectivity index (χ1) is 9.16. The second-order valence-corrected chi connectivity index (χ2v) is 4.11. The number of benzene rings is 2. The van der Waals surface area contributed by atoms with Crippen LogP contribution in [-0.2, 0) is 0 Å². The minimum Gasteiger partial charge on any atom is -0.278 e. The van der Waals surface area contributed by atoms with Crippen LogP contribution in [0, 0.1) is 10.1 Å². The van der Waals surface area contributed by atoms with E-state index >= 15 is 0 Å². The fourth-order valence-electron chi connectivity index (χ4n) is 1.45. The Morgan fingerprint density at radius 2 is 2.00 bits per heavy atom. The third-order valence-corrected chi connectivity index (χ3v) is 2.70. The molecule has 0 aliphatic rings. The summed E-state index contributed by atoms with van der Waals surface area (Å²) in [6.07, 6.45) is 1.56. The zero-order valence-corrected chi connectivity index (χ0v) is 10.5. The Morgan fingerprint density at radius 1 is 1.21 bits per heavy atom. The number of nitro benzene ring substituents is 1. The maximum absolute atomic E-state index is 10.6. The van der Waals surface area contributed by atoms with Crippen LogP contribution in [-0.4, -0.2) is 11.1 Å². The molecule has 0 fully saturated rings. The summed E-state index contributed by atoms with van der Waals surface area (Å²) in [7, 11) is 0. The molecule has 0 saturated heterocycles. The molecule has 0 amide bonds. The number of anilines is 1. The van der Waals surface area contributed by atoms with Crippen LogP contribution in [0.5, 0.6) is 0 Å². The Hall–Kier alpha value is -2.40. The van der Waals surface area contributed by atoms with Gasteiger partial charge in [-0.1, -0.05) is 35.9 Å². The van der Waals surface area contributed by atoms with Crippen LogP contribution in [0.15, 0.2) is 53.6 Å². The first kappa shape index (κ1) is 13.0. The van der Waals surface area contributed by atoms with Crippen LogP contribution in [0.4, 0.5) is 11.4 Å². The molecule has 0 aliphatic heterocycles. The summed E-state index contributed by atoms with van der Waals surface area (Å²) in [5.74, 6) is 0. The fourth-order valence-corrected chi connectivity index (χ4v) is 1.63. The van der Waals surface area contributed by atoms with Crippen molar-refractivity contribution in [1.82, 2.24) is 0 Å². The van der Waals surface area contributed by atoms with Crippen LogP contribution in [0.1, 0.15) is 5.56 Å². The standard InChI is InChI=1S/C13H10ClN3O2/c14-13-7-2-1-4-10(13)9-15-16-11-5-3-6-12(8-11)17(18)19/h1-9,16H. The molecule has 5 nitrogen and oxygen atoms in total. The molecule has 96 valence electrons. The van der Waals surface area contributed by atoms with E-state index in [9.17, 15) is 10.1 Å². The van der Waals surface area contributed by atoms with Gasteiger partial charge in [0.25, 0.3) is 5.69 Å². The molecule has 0 saturated carbocycles. The molecule has 2 rings (SSSR count). The Labute approximate surface area is 114 Å². The van der Waals surface area contributed by atoms with Gasteiger partial charge < -0.3 is 0 Å². The van der Waals surface area contributed by atoms with Crippen molar-refractivity contribution in [2.24, 2.45) is 5.10 Å². The predicted molar refractivity (Wildman–Crippen MR) is 75.8 cm³/mol. The van der Waals surface area contributed by atoms with Gasteiger partial charge >= 0.3 is 0 Å². The zero-order chi connectivity index (χ0) is 13.7. The monoisotopic (exact) mass is 275 g/mol. The lowest BCUT2D eigenvalue weighted by atomic mass is 10.2. The van der Waals surface area contributed by atoms with Crippen LogP contribution in [0.3, 0.4) is 0 Å². The lowest BCUT2D eigenvalue weighted by Crippen LogP contribution is -1.93. The third kappa shape index (κ3) is 3.53. The smallest absolute Gasteiger partial charge is 0.271 e. The zero-order valence-electron chi connectivity index (χ0n) is 9.79. The van der Waals surface area contributed by atoms with E-state index in [1.54, 1.807) is 24.4 Å². The molecular formula is C13H10ClN3O2. The summed E-state index contributed by atoms with van der Waals surface area (Å²) in [6, 6.07) is 13.4. The largest absolute Gasteiger partial charge is 0.278 e. The number of hydrogen-bond acceptors (Lipinski definition) is 4. The Balaban J connectivity index is 2.09. The molecule has 2 aromatic rings. The average molecular weight is 276 g/mol. The average Bonchev–Trinajstić information content (AvgIpc) is 2.41. The lowest BCUT2D eigenvalue weighted by Gasteiger charge is -2.00. The van der Waals surface area contributed by atoms with Gasteiger partial charge in [0, 0.05) is 22.7 Å². The molecular weight excluding hydrogens is 266 g/mol. The van der Waals surface area contributed by atoms with E-state index < -0.39 is 4.92 Å². The highest BCUT2D eigenvalue weighted by Gasteiger charge is 2.04. The second kappa shape index (κ2) is 5.97. The van der Waals surface area contributed by atoms with Crippen molar-refractivity contribution in [1.29, 1.82) is 0 Å². The maximum atomic E-state index is 10.6. The van der Waals surface area contributed by atoms with Crippen molar-refractivity contribution in [2.45, 2.75) is 0 Å². The first-order valence-corrected chi connectivity index (χ1v) is 5.82. The van der Waals surface area contributed by atoms with Gasteiger partial charge in [-0.25, -0.2) is 0 Å². The minimum atomic E-state index is -0.455. The van der Waals surface area contributed by atoms with Gasteiger partial charge in [-0.05, 0) is 12.1 Å². The number of non-ortho nitro benzene ring substituents is 1. The second-order valence-electron chi connectivity index (χ2n) is 3.70. The topological polar surface area (TPSA) is 67.5 Å². The highest BCUT2D eigenvalue weighted by molar-refractivity contribution is 6.33. The molecule has 0 heterocycles. The molecule has 0 radical (unpaired) electrons. The highest BCUT2D eigenvalue weighted by atomic mass is 35.5. The van der Waals surface area contributed by atoms with Gasteiger partial charge in [0.05, 0.1) is 16.8 Å². The van der Waals surface area contributed by atoms with Crippen molar-refractivity contribution in [2.75, 3.05) is 5.43 Å². The van der Waals surface area contributed by atoms with Crippen molar-refractivity contribution in [3.8, 4) is 0 Å². The molecule has 0 unspecified atom stereocenters. The summed E-state index contributed by atoms with van der Waals surface area (Å²) < 4.78 is 0. The Bertz CT molecular complexity index is 629. The van der Waals surface area contributed by atoms with Gasteiger partial charge in [0.1, 0.15) is 0 Å². The fraction of sp³-hybridized carbons (Fsp3) is 0. The maximum Gasteiger partial charge on any atom is 0.271 e. The predicted octanol–water partition coefficient (Wildman–Crippen LogP) is 3.69. The number of hydrazone groups is 1. The molecule has 6 heteroatoms. The van der Waals surface area contributed by atoms with Gasteiger partial charge in [-0.3, -0.25) is 15.5 Å². The van der Waals surface area contributed by atoms with E-state index in [0.717, 1.165) is 5.56 Å². The third-order valence-electron chi connectivity index (χ3n) is 2.36. The van der Waals surface area contributed by atoms with E-state index in [2.05, 4.69) is 10.5 Å². The number of nitrogens with one attached hydrogen (secondary N) is 1. The van der Waals surface area contributed by atoms with Crippen molar-refractivity contribution in [3.63, 3.8) is 0 Å². The summed E-state index contributed by atoms with van der Waals surface area (Å²) in [5.41, 5.74) is 4.04. The minimum absolute atomic E-state index is 0.0120. The van der Waals surface area contributed by atoms with Gasteiger partial charge in [-0.2, -0.15) is 5.10 Å². The summed E-state index contributed by atoms with van der Waals surface area (Å²) in [6.45, 7) is 0. The van der Waals surface area contributed by atoms with Gasteiger partial charge in [0.2, 0.25) is 0 Å². The van der Waals surface area contributed by atoms with Crippen LogP contribution in [0.25, 0.3) is 0 Å². The van der Waals surface area contributed by atoms with E-state index in [0.29, 0.717) is 10.7 Å². The number of halogens is 1. The van der Waals surface area contributed by atoms with Gasteiger partial charge in [-0.15, -0.1) is 0 Å². The summed E-state index contributed by atoms with van der Waals surface area (Å²) >= 11 is 5.96. The van der Waals surface area contributed by atoms with Gasteiger partial charge in [0.15, 0.2) is 0 Å². The molecule has 19 heavy (non-hydrogen) atoms. The molecule has 1 N–H and O–H groups in total. The molecule has 0 bridgehead atoms. The summed E-state index contributed by atoms with van der Waals surface area (Å²) in [5, 5.41) is 15.2. The van der Waals surface area contributed by atoms with Crippen molar-refractivity contribution in [3.05, 3.63) is 69.2 Å². The number of rotatable bonds is 4. The van der Waals surface area contributed by atoms with E-state index in [-0.39, 0.29) is 5.69 Å². The molecule has 2 aromatic carbocycles. The van der Waals surface area contributed by atoms with Crippen LogP contribution < -0.4 is 5.43 Å². The van der Waals surface area contributed by atoms with E-state index in [1.165, 1.54) is 12.1 Å². The summed E-state index contributed by atoms with van der Waals surface area (Å²) in [4.78, 5) is 10.2. The highest BCUT2D eigenvalue weighted by Crippen LogP contribution is 2.17. The van der Waals surface area contributed by atoms with Crippen LogP contribution in [0.2, 0.25) is 5.02 Å². The molecule has 0 spiro atoms. The van der Waals surface area contributed by atoms with Crippen LogP contribution >= 0.6 is 11.6 Å². The van der Waals surface area contributed by atoms with E-state index in [4.69, 9.17) is 11.6 Å². The Kier molecular flexibility index (Phi) is 4.10. The Morgan fingerprint density at radius 3 is 2.74 bits per heavy atom.